The van der Waals surface area contributed by atoms with Crippen molar-refractivity contribution in [2.75, 3.05) is 24.6 Å². The molecule has 100 valence electrons. The fourth-order valence-corrected chi connectivity index (χ4v) is 2.56. The molecule has 0 bridgehead atoms. The van der Waals surface area contributed by atoms with Crippen LogP contribution in [0.25, 0.3) is 0 Å². The van der Waals surface area contributed by atoms with Gasteiger partial charge < -0.3 is 15.4 Å². The Kier molecular flexibility index (Phi) is 4.49. The van der Waals surface area contributed by atoms with Gasteiger partial charge in [0.15, 0.2) is 0 Å². The van der Waals surface area contributed by atoms with Crippen LogP contribution in [0, 0.1) is 0 Å². The number of hydrogen-bond donors (Lipinski definition) is 1. The van der Waals surface area contributed by atoms with E-state index in [0.29, 0.717) is 6.10 Å². The van der Waals surface area contributed by atoms with Crippen LogP contribution in [0.4, 0.5) is 5.69 Å². The van der Waals surface area contributed by atoms with E-state index in [0.717, 1.165) is 42.4 Å². The van der Waals surface area contributed by atoms with Crippen LogP contribution in [-0.4, -0.2) is 25.8 Å². The first-order valence-electron chi connectivity index (χ1n) is 6.53. The van der Waals surface area contributed by atoms with Gasteiger partial charge in [-0.1, -0.05) is 24.6 Å². The summed E-state index contributed by atoms with van der Waals surface area (Å²) in [6.45, 7) is 6.69. The molecule has 3 nitrogen and oxygen atoms in total. The minimum absolute atomic E-state index is 0.0182. The second-order valence-corrected chi connectivity index (χ2v) is 5.25. The molecule has 18 heavy (non-hydrogen) atoms. The predicted octanol–water partition coefficient (Wildman–Crippen LogP) is 2.97. The van der Waals surface area contributed by atoms with Crippen LogP contribution in [0.3, 0.4) is 0 Å². The normalized spacial score (nSPS) is 22.0. The van der Waals surface area contributed by atoms with E-state index in [-0.39, 0.29) is 6.04 Å². The Morgan fingerprint density at radius 1 is 1.56 bits per heavy atom. The van der Waals surface area contributed by atoms with Crippen molar-refractivity contribution in [3.05, 3.63) is 28.8 Å². The summed E-state index contributed by atoms with van der Waals surface area (Å²) in [5.41, 5.74) is 8.02. The SMILES string of the molecule is CCC1CN(c2ccc([C@@H](C)N)cc2Cl)CCO1. The van der Waals surface area contributed by atoms with E-state index in [1.165, 1.54) is 0 Å². The van der Waals surface area contributed by atoms with E-state index in [9.17, 15) is 0 Å². The summed E-state index contributed by atoms with van der Waals surface area (Å²) >= 11 is 6.36. The van der Waals surface area contributed by atoms with E-state index in [2.05, 4.69) is 24.0 Å². The lowest BCUT2D eigenvalue weighted by Gasteiger charge is -2.34. The number of rotatable bonds is 3. The molecule has 1 aliphatic rings. The summed E-state index contributed by atoms with van der Waals surface area (Å²) in [6, 6.07) is 6.11. The van der Waals surface area contributed by atoms with Crippen molar-refractivity contribution < 1.29 is 4.74 Å². The number of ether oxygens (including phenoxy) is 1. The molecule has 1 aliphatic heterocycles. The summed E-state index contributed by atoms with van der Waals surface area (Å²) in [5, 5.41) is 0.779. The van der Waals surface area contributed by atoms with Gasteiger partial charge in [-0.2, -0.15) is 0 Å². The zero-order valence-electron chi connectivity index (χ0n) is 11.0. The number of nitrogens with zero attached hydrogens (tertiary/aromatic N) is 1. The maximum absolute atomic E-state index is 6.36. The minimum Gasteiger partial charge on any atom is -0.375 e. The van der Waals surface area contributed by atoms with E-state index in [4.69, 9.17) is 22.1 Å². The van der Waals surface area contributed by atoms with Crippen LogP contribution < -0.4 is 10.6 Å². The molecule has 1 aromatic rings. The molecule has 0 aromatic heterocycles. The number of hydrogen-bond acceptors (Lipinski definition) is 3. The van der Waals surface area contributed by atoms with Crippen LogP contribution in [-0.2, 0) is 4.74 Å². The topological polar surface area (TPSA) is 38.5 Å². The molecule has 2 rings (SSSR count). The van der Waals surface area contributed by atoms with E-state index in [1.54, 1.807) is 0 Å². The fraction of sp³-hybridized carbons (Fsp3) is 0.571. The van der Waals surface area contributed by atoms with E-state index < -0.39 is 0 Å². The van der Waals surface area contributed by atoms with Gasteiger partial charge in [0.1, 0.15) is 0 Å². The largest absolute Gasteiger partial charge is 0.375 e. The first kappa shape index (κ1) is 13.7. The molecule has 1 heterocycles. The Labute approximate surface area is 114 Å². The van der Waals surface area contributed by atoms with Gasteiger partial charge in [-0.25, -0.2) is 0 Å². The highest BCUT2D eigenvalue weighted by atomic mass is 35.5. The van der Waals surface area contributed by atoms with Gasteiger partial charge >= 0.3 is 0 Å². The molecule has 1 fully saturated rings. The zero-order valence-corrected chi connectivity index (χ0v) is 11.8. The van der Waals surface area contributed by atoms with Gasteiger partial charge in [-0.15, -0.1) is 0 Å². The van der Waals surface area contributed by atoms with Crippen LogP contribution in [0.15, 0.2) is 18.2 Å². The molecule has 0 amide bonds. The predicted molar refractivity (Wildman–Crippen MR) is 76.3 cm³/mol. The first-order chi connectivity index (χ1) is 8.61. The lowest BCUT2D eigenvalue weighted by molar-refractivity contribution is 0.0384. The highest BCUT2D eigenvalue weighted by molar-refractivity contribution is 6.33. The Hall–Kier alpha value is -0.770. The number of halogens is 1. The van der Waals surface area contributed by atoms with Crippen molar-refractivity contribution in [3.63, 3.8) is 0 Å². The Morgan fingerprint density at radius 3 is 2.94 bits per heavy atom. The molecule has 0 radical (unpaired) electrons. The molecule has 1 aromatic carbocycles. The molecule has 2 atom stereocenters. The van der Waals surface area contributed by atoms with Crippen LogP contribution >= 0.6 is 11.6 Å². The van der Waals surface area contributed by atoms with Gasteiger partial charge in [-0.3, -0.25) is 0 Å². The van der Waals surface area contributed by atoms with Crippen LogP contribution in [0.1, 0.15) is 31.9 Å². The number of nitrogens with two attached hydrogens (primary N) is 1. The lowest BCUT2D eigenvalue weighted by Crippen LogP contribution is -2.42. The van der Waals surface area contributed by atoms with Gasteiger partial charge in [0.2, 0.25) is 0 Å². The number of morpholine rings is 1. The minimum atomic E-state index is 0.0182. The van der Waals surface area contributed by atoms with Crippen molar-refractivity contribution >= 4 is 17.3 Å². The molecule has 1 unspecified atom stereocenters. The van der Waals surface area contributed by atoms with Crippen molar-refractivity contribution in [3.8, 4) is 0 Å². The van der Waals surface area contributed by atoms with Gasteiger partial charge in [0.25, 0.3) is 0 Å². The van der Waals surface area contributed by atoms with E-state index in [1.807, 2.05) is 13.0 Å². The summed E-state index contributed by atoms with van der Waals surface area (Å²) in [6.07, 6.45) is 1.34. The second kappa shape index (κ2) is 5.91. The number of anilines is 1. The number of benzene rings is 1. The quantitative estimate of drug-likeness (QED) is 0.916. The first-order valence-corrected chi connectivity index (χ1v) is 6.91. The second-order valence-electron chi connectivity index (χ2n) is 4.85. The van der Waals surface area contributed by atoms with Gasteiger partial charge in [0.05, 0.1) is 23.4 Å². The summed E-state index contributed by atoms with van der Waals surface area (Å²) in [5.74, 6) is 0. The summed E-state index contributed by atoms with van der Waals surface area (Å²) in [4.78, 5) is 2.30. The molecule has 0 spiro atoms. The summed E-state index contributed by atoms with van der Waals surface area (Å²) < 4.78 is 5.68. The molecular formula is C14H21ClN2O. The standard InChI is InChI=1S/C14H21ClN2O/c1-3-12-9-17(6-7-18-12)14-5-4-11(10(2)16)8-13(14)15/h4-5,8,10,12H,3,6-7,9,16H2,1-2H3/t10-,12?/m1/s1. The van der Waals surface area contributed by atoms with Crippen molar-refractivity contribution in [1.29, 1.82) is 0 Å². The van der Waals surface area contributed by atoms with Gasteiger partial charge in [0, 0.05) is 19.1 Å². The molecular weight excluding hydrogens is 248 g/mol. The summed E-state index contributed by atoms with van der Waals surface area (Å²) in [7, 11) is 0. The third kappa shape index (κ3) is 2.97. The molecule has 0 aliphatic carbocycles. The molecule has 1 saturated heterocycles. The molecule has 4 heteroatoms. The van der Waals surface area contributed by atoms with Crippen molar-refractivity contribution in [1.82, 2.24) is 0 Å². The van der Waals surface area contributed by atoms with Crippen LogP contribution in [0.5, 0.6) is 0 Å². The van der Waals surface area contributed by atoms with Gasteiger partial charge in [-0.05, 0) is 31.0 Å². The highest BCUT2D eigenvalue weighted by Gasteiger charge is 2.21. The third-order valence-electron chi connectivity index (χ3n) is 3.43. The molecule has 2 N–H and O–H groups in total. The third-order valence-corrected chi connectivity index (χ3v) is 3.74. The molecule has 0 saturated carbocycles. The van der Waals surface area contributed by atoms with Crippen molar-refractivity contribution in [2.45, 2.75) is 32.4 Å². The Balaban J connectivity index is 2.17. The average Bonchev–Trinajstić information content (AvgIpc) is 2.38. The maximum atomic E-state index is 6.36. The Bertz CT molecular complexity index is 409. The monoisotopic (exact) mass is 268 g/mol. The average molecular weight is 269 g/mol. The van der Waals surface area contributed by atoms with Crippen molar-refractivity contribution in [2.24, 2.45) is 5.73 Å². The zero-order chi connectivity index (χ0) is 13.1. The fourth-order valence-electron chi connectivity index (χ4n) is 2.25. The van der Waals surface area contributed by atoms with Crippen LogP contribution in [0.2, 0.25) is 5.02 Å². The Morgan fingerprint density at radius 2 is 2.33 bits per heavy atom. The smallest absolute Gasteiger partial charge is 0.0748 e. The maximum Gasteiger partial charge on any atom is 0.0748 e. The lowest BCUT2D eigenvalue weighted by atomic mass is 10.1. The van der Waals surface area contributed by atoms with E-state index >= 15 is 0 Å². The highest BCUT2D eigenvalue weighted by Crippen LogP contribution is 2.30.